The van der Waals surface area contributed by atoms with Crippen molar-refractivity contribution in [2.45, 2.75) is 4.90 Å². The number of anilines is 1. The number of sulfonamides is 1. The van der Waals surface area contributed by atoms with Crippen LogP contribution in [0.5, 0.6) is 0 Å². The van der Waals surface area contributed by atoms with Gasteiger partial charge >= 0.3 is 0 Å². The largest absolute Gasteiger partial charge is 0.280 e. The van der Waals surface area contributed by atoms with Gasteiger partial charge in [-0.15, -0.1) is 17.9 Å². The zero-order chi connectivity index (χ0) is 22.8. The van der Waals surface area contributed by atoms with E-state index < -0.39 is 10.0 Å². The van der Waals surface area contributed by atoms with Crippen molar-refractivity contribution in [2.75, 3.05) is 25.5 Å². The number of halogens is 2. The van der Waals surface area contributed by atoms with E-state index in [-0.39, 0.29) is 17.3 Å². The standard InChI is InChI=1S/C21H19Cl2N3O3S2/c1-4-11-26(20(27)14-5-8-16(9-6-14)31(28,29)25(2)3)21-24-19(13-30-21)15-7-10-17(22)18(23)12-15/h4-10,12-13H,1,11H2,2-3H3. The summed E-state index contributed by atoms with van der Waals surface area (Å²) in [7, 11) is -0.669. The Morgan fingerprint density at radius 2 is 1.81 bits per heavy atom. The molecule has 3 rings (SSSR count). The maximum absolute atomic E-state index is 13.1. The summed E-state index contributed by atoms with van der Waals surface area (Å²) in [6.45, 7) is 3.96. The first-order valence-electron chi connectivity index (χ1n) is 9.01. The third-order valence-corrected chi connectivity index (χ3v) is 7.81. The van der Waals surface area contributed by atoms with E-state index in [0.29, 0.717) is 26.4 Å². The van der Waals surface area contributed by atoms with Gasteiger partial charge in [-0.05, 0) is 36.4 Å². The molecule has 0 saturated heterocycles. The van der Waals surface area contributed by atoms with E-state index >= 15 is 0 Å². The molecule has 1 aromatic heterocycles. The number of thiazole rings is 1. The minimum absolute atomic E-state index is 0.112. The Kier molecular flexibility index (Phi) is 7.18. The Labute approximate surface area is 195 Å². The van der Waals surface area contributed by atoms with Gasteiger partial charge in [0, 0.05) is 37.1 Å². The lowest BCUT2D eigenvalue weighted by atomic mass is 10.2. The summed E-state index contributed by atoms with van der Waals surface area (Å²) < 4.78 is 25.6. The molecule has 1 amide bonds. The minimum atomic E-state index is -3.57. The van der Waals surface area contributed by atoms with E-state index in [4.69, 9.17) is 23.2 Å². The van der Waals surface area contributed by atoms with Crippen LogP contribution in [-0.2, 0) is 10.0 Å². The predicted molar refractivity (Wildman–Crippen MR) is 127 cm³/mol. The lowest BCUT2D eigenvalue weighted by molar-refractivity contribution is 0.0989. The lowest BCUT2D eigenvalue weighted by Crippen LogP contribution is -2.31. The first-order chi connectivity index (χ1) is 14.6. The normalized spacial score (nSPS) is 11.5. The first kappa shape index (κ1) is 23.4. The highest BCUT2D eigenvalue weighted by Gasteiger charge is 2.22. The zero-order valence-corrected chi connectivity index (χ0v) is 19.9. The van der Waals surface area contributed by atoms with Crippen molar-refractivity contribution in [1.29, 1.82) is 0 Å². The maximum atomic E-state index is 13.1. The molecule has 6 nitrogen and oxygen atoms in total. The third-order valence-electron chi connectivity index (χ3n) is 4.37. The molecule has 0 fully saturated rings. The van der Waals surface area contributed by atoms with Crippen molar-refractivity contribution in [3.63, 3.8) is 0 Å². The van der Waals surface area contributed by atoms with Crippen LogP contribution in [0.1, 0.15) is 10.4 Å². The van der Waals surface area contributed by atoms with Crippen LogP contribution in [0, 0.1) is 0 Å². The summed E-state index contributed by atoms with van der Waals surface area (Å²) in [5.41, 5.74) is 1.78. The molecule has 0 atom stereocenters. The third kappa shape index (κ3) is 4.99. The summed E-state index contributed by atoms with van der Waals surface area (Å²) in [6, 6.07) is 11.0. The number of rotatable bonds is 7. The Morgan fingerprint density at radius 3 is 2.39 bits per heavy atom. The monoisotopic (exact) mass is 495 g/mol. The SMILES string of the molecule is C=CCN(C(=O)c1ccc(S(=O)(=O)N(C)C)cc1)c1nc(-c2ccc(Cl)c(Cl)c2)cs1. The van der Waals surface area contributed by atoms with Crippen LogP contribution in [0.4, 0.5) is 5.13 Å². The molecule has 31 heavy (non-hydrogen) atoms. The molecule has 0 aliphatic rings. The van der Waals surface area contributed by atoms with Gasteiger partial charge < -0.3 is 0 Å². The first-order valence-corrected chi connectivity index (χ1v) is 12.1. The molecule has 1 heterocycles. The van der Waals surface area contributed by atoms with Crippen LogP contribution in [0.15, 0.2) is 65.4 Å². The molecule has 0 unspecified atom stereocenters. The molecular formula is C21H19Cl2N3O3S2. The zero-order valence-electron chi connectivity index (χ0n) is 16.7. The van der Waals surface area contributed by atoms with Crippen molar-refractivity contribution < 1.29 is 13.2 Å². The summed E-state index contributed by atoms with van der Waals surface area (Å²) in [5.74, 6) is -0.316. The van der Waals surface area contributed by atoms with E-state index in [1.54, 1.807) is 24.3 Å². The number of benzene rings is 2. The summed E-state index contributed by atoms with van der Waals surface area (Å²) >= 11 is 13.4. The van der Waals surface area contributed by atoms with E-state index in [9.17, 15) is 13.2 Å². The highest BCUT2D eigenvalue weighted by molar-refractivity contribution is 7.89. The second-order valence-electron chi connectivity index (χ2n) is 6.66. The molecule has 0 spiro atoms. The summed E-state index contributed by atoms with van der Waals surface area (Å²) in [4.78, 5) is 19.3. The fraction of sp³-hybridized carbons (Fsp3) is 0.143. The average molecular weight is 496 g/mol. The van der Waals surface area contributed by atoms with Crippen molar-refractivity contribution >= 4 is 55.6 Å². The number of aromatic nitrogens is 1. The van der Waals surface area contributed by atoms with E-state index in [2.05, 4.69) is 11.6 Å². The molecule has 10 heteroatoms. The van der Waals surface area contributed by atoms with Crippen molar-refractivity contribution in [3.05, 3.63) is 76.1 Å². The number of carbonyl (C=O) groups excluding carboxylic acids is 1. The molecule has 2 aromatic carbocycles. The quantitative estimate of drug-likeness (QED) is 0.422. The van der Waals surface area contributed by atoms with Crippen molar-refractivity contribution in [2.24, 2.45) is 0 Å². The number of carbonyl (C=O) groups is 1. The molecule has 162 valence electrons. The summed E-state index contributed by atoms with van der Waals surface area (Å²) in [6.07, 6.45) is 1.60. The fourth-order valence-corrected chi connectivity index (χ4v) is 4.73. The average Bonchev–Trinajstić information content (AvgIpc) is 3.23. The summed E-state index contributed by atoms with van der Waals surface area (Å²) in [5, 5.41) is 3.17. The van der Waals surface area contributed by atoms with Gasteiger partial charge in [-0.25, -0.2) is 17.7 Å². The highest BCUT2D eigenvalue weighted by atomic mass is 35.5. The van der Waals surface area contributed by atoms with Gasteiger partial charge in [0.05, 0.1) is 20.6 Å². The van der Waals surface area contributed by atoms with Gasteiger partial charge in [0.1, 0.15) is 0 Å². The second kappa shape index (κ2) is 9.50. The van der Waals surface area contributed by atoms with Crippen molar-refractivity contribution in [1.82, 2.24) is 9.29 Å². The van der Waals surface area contributed by atoms with Crippen molar-refractivity contribution in [3.8, 4) is 11.3 Å². The number of hydrogen-bond donors (Lipinski definition) is 0. The van der Waals surface area contributed by atoms with Gasteiger partial charge in [0.2, 0.25) is 10.0 Å². The van der Waals surface area contributed by atoms with E-state index in [1.165, 1.54) is 54.6 Å². The topological polar surface area (TPSA) is 70.6 Å². The van der Waals surface area contributed by atoms with Crippen LogP contribution in [-0.4, -0.2) is 44.3 Å². The van der Waals surface area contributed by atoms with Gasteiger partial charge in [-0.3, -0.25) is 9.69 Å². The maximum Gasteiger partial charge on any atom is 0.260 e. The second-order valence-corrected chi connectivity index (χ2v) is 10.5. The smallest absolute Gasteiger partial charge is 0.260 e. The van der Waals surface area contributed by atoms with E-state index in [0.717, 1.165) is 9.87 Å². The van der Waals surface area contributed by atoms with Crippen LogP contribution < -0.4 is 4.90 Å². The van der Waals surface area contributed by atoms with Gasteiger partial charge in [0.15, 0.2) is 5.13 Å². The van der Waals surface area contributed by atoms with Crippen LogP contribution >= 0.6 is 34.5 Å². The number of hydrogen-bond acceptors (Lipinski definition) is 5. The fourth-order valence-electron chi connectivity index (χ4n) is 2.69. The molecule has 0 bridgehead atoms. The van der Waals surface area contributed by atoms with Gasteiger partial charge in [-0.2, -0.15) is 0 Å². The Balaban J connectivity index is 1.90. The molecule has 3 aromatic rings. The Morgan fingerprint density at radius 1 is 1.13 bits per heavy atom. The van der Waals surface area contributed by atoms with Crippen LogP contribution in [0.25, 0.3) is 11.3 Å². The van der Waals surface area contributed by atoms with Crippen LogP contribution in [0.2, 0.25) is 10.0 Å². The number of amides is 1. The molecule has 0 aliphatic carbocycles. The highest BCUT2D eigenvalue weighted by Crippen LogP contribution is 2.32. The van der Waals surface area contributed by atoms with Gasteiger partial charge in [-0.1, -0.05) is 35.3 Å². The Bertz CT molecular complexity index is 1220. The molecule has 0 radical (unpaired) electrons. The van der Waals surface area contributed by atoms with Crippen LogP contribution in [0.3, 0.4) is 0 Å². The number of nitrogens with zero attached hydrogens (tertiary/aromatic N) is 3. The van der Waals surface area contributed by atoms with E-state index in [1.807, 2.05) is 5.38 Å². The lowest BCUT2D eigenvalue weighted by Gasteiger charge is -2.18. The predicted octanol–water partition coefficient (Wildman–Crippen LogP) is 5.20. The van der Waals surface area contributed by atoms with Gasteiger partial charge in [0.25, 0.3) is 5.91 Å². The molecule has 0 N–H and O–H groups in total. The molecular weight excluding hydrogens is 477 g/mol. The molecule has 0 saturated carbocycles. The minimum Gasteiger partial charge on any atom is -0.280 e. The Hall–Kier alpha value is -2.23. The molecule has 0 aliphatic heterocycles.